The lowest BCUT2D eigenvalue weighted by Gasteiger charge is -2.18. The molecule has 0 rings (SSSR count). The van der Waals surface area contributed by atoms with Crippen LogP contribution in [0.25, 0.3) is 0 Å². The van der Waals surface area contributed by atoms with Gasteiger partial charge < -0.3 is 0 Å². The molecule has 1 atom stereocenters. The van der Waals surface area contributed by atoms with Gasteiger partial charge in [0, 0.05) is 6.42 Å². The minimum atomic E-state index is -3.98. The average Bonchev–Trinajstić information content (AvgIpc) is 2.00. The number of halogens is 3. The summed E-state index contributed by atoms with van der Waals surface area (Å²) in [4.78, 5) is 0. The summed E-state index contributed by atoms with van der Waals surface area (Å²) in [5.41, 5.74) is 0. The van der Waals surface area contributed by atoms with Gasteiger partial charge in [-0.25, -0.2) is 0 Å². The highest BCUT2D eigenvalue weighted by Crippen LogP contribution is 2.27. The van der Waals surface area contributed by atoms with Crippen LogP contribution in [0.2, 0.25) is 0 Å². The summed E-state index contributed by atoms with van der Waals surface area (Å²) in [6, 6.07) is 0. The Labute approximate surface area is 91.3 Å². The molecule has 92 valence electrons. The standard InChI is InChI=1S/C12H23F3/c1-4-6-11(9-10(2)3)7-5-8-12(13,14)15/h10-11H,4-9H2,1-3H3. The van der Waals surface area contributed by atoms with Gasteiger partial charge in [-0.2, -0.15) is 13.2 Å². The van der Waals surface area contributed by atoms with Crippen molar-refractivity contribution in [2.75, 3.05) is 0 Å². The first-order valence-corrected chi connectivity index (χ1v) is 5.92. The molecule has 0 fully saturated rings. The molecule has 0 aliphatic carbocycles. The smallest absolute Gasteiger partial charge is 0.171 e. The Hall–Kier alpha value is -0.210. The van der Waals surface area contributed by atoms with Crippen molar-refractivity contribution < 1.29 is 13.2 Å². The lowest BCUT2D eigenvalue weighted by molar-refractivity contribution is -0.136. The van der Waals surface area contributed by atoms with Gasteiger partial charge in [-0.15, -0.1) is 0 Å². The van der Waals surface area contributed by atoms with E-state index >= 15 is 0 Å². The van der Waals surface area contributed by atoms with Crippen LogP contribution >= 0.6 is 0 Å². The quantitative estimate of drug-likeness (QED) is 0.559. The van der Waals surface area contributed by atoms with Crippen LogP contribution in [-0.4, -0.2) is 6.18 Å². The van der Waals surface area contributed by atoms with Gasteiger partial charge in [0.1, 0.15) is 0 Å². The third kappa shape index (κ3) is 10.1. The average molecular weight is 224 g/mol. The Balaban J connectivity index is 3.75. The Morgan fingerprint density at radius 1 is 1.07 bits per heavy atom. The second-order valence-electron chi connectivity index (χ2n) is 4.79. The SMILES string of the molecule is CCCC(CCCC(F)(F)F)CC(C)C. The number of hydrogen-bond donors (Lipinski definition) is 0. The monoisotopic (exact) mass is 224 g/mol. The molecule has 0 aliphatic heterocycles. The van der Waals surface area contributed by atoms with Crippen molar-refractivity contribution in [3.8, 4) is 0 Å². The zero-order chi connectivity index (χ0) is 11.9. The molecule has 3 heteroatoms. The molecule has 0 N–H and O–H groups in total. The van der Waals surface area contributed by atoms with E-state index in [0.29, 0.717) is 18.3 Å². The topological polar surface area (TPSA) is 0 Å². The molecule has 0 radical (unpaired) electrons. The Bertz CT molecular complexity index is 149. The maximum Gasteiger partial charge on any atom is 0.389 e. The van der Waals surface area contributed by atoms with Gasteiger partial charge in [-0.3, -0.25) is 0 Å². The minimum absolute atomic E-state index is 0.293. The Morgan fingerprint density at radius 3 is 2.07 bits per heavy atom. The molecule has 0 amide bonds. The van der Waals surface area contributed by atoms with Gasteiger partial charge in [0.05, 0.1) is 0 Å². The van der Waals surface area contributed by atoms with Crippen molar-refractivity contribution in [2.24, 2.45) is 11.8 Å². The largest absolute Gasteiger partial charge is 0.389 e. The fourth-order valence-electron chi connectivity index (χ4n) is 2.05. The molecule has 0 heterocycles. The molecule has 0 aromatic rings. The van der Waals surface area contributed by atoms with E-state index < -0.39 is 12.6 Å². The molecular weight excluding hydrogens is 201 g/mol. The molecule has 0 saturated heterocycles. The van der Waals surface area contributed by atoms with Gasteiger partial charge in [-0.05, 0) is 24.7 Å². The molecule has 0 bridgehead atoms. The highest BCUT2D eigenvalue weighted by atomic mass is 19.4. The van der Waals surface area contributed by atoms with Gasteiger partial charge in [0.25, 0.3) is 0 Å². The molecule has 15 heavy (non-hydrogen) atoms. The fraction of sp³-hybridized carbons (Fsp3) is 1.00. The highest BCUT2D eigenvalue weighted by Gasteiger charge is 2.26. The van der Waals surface area contributed by atoms with Crippen molar-refractivity contribution in [3.05, 3.63) is 0 Å². The van der Waals surface area contributed by atoms with E-state index in [1.54, 1.807) is 0 Å². The minimum Gasteiger partial charge on any atom is -0.171 e. The van der Waals surface area contributed by atoms with E-state index in [-0.39, 0.29) is 0 Å². The van der Waals surface area contributed by atoms with Crippen molar-refractivity contribution >= 4 is 0 Å². The van der Waals surface area contributed by atoms with Crippen LogP contribution in [0.5, 0.6) is 0 Å². The van der Waals surface area contributed by atoms with Crippen molar-refractivity contribution in [1.29, 1.82) is 0 Å². The van der Waals surface area contributed by atoms with Gasteiger partial charge in [0.15, 0.2) is 0 Å². The molecular formula is C12H23F3. The summed E-state index contributed by atoms with van der Waals surface area (Å²) in [7, 11) is 0. The third-order valence-electron chi connectivity index (χ3n) is 2.57. The second kappa shape index (κ2) is 7.13. The number of hydrogen-bond acceptors (Lipinski definition) is 0. The normalized spacial score (nSPS) is 14.6. The predicted octanol–water partition coefficient (Wildman–Crippen LogP) is 5.18. The molecule has 1 unspecified atom stereocenters. The summed E-state index contributed by atoms with van der Waals surface area (Å²) in [6.07, 6.45) is -0.378. The van der Waals surface area contributed by atoms with E-state index in [4.69, 9.17) is 0 Å². The van der Waals surface area contributed by atoms with E-state index in [2.05, 4.69) is 20.8 Å². The lowest BCUT2D eigenvalue weighted by atomic mass is 9.89. The molecule has 0 aromatic heterocycles. The molecule has 0 spiro atoms. The number of alkyl halides is 3. The summed E-state index contributed by atoms with van der Waals surface area (Å²) in [6.45, 7) is 6.36. The zero-order valence-corrected chi connectivity index (χ0v) is 10.0. The van der Waals surface area contributed by atoms with Crippen LogP contribution in [-0.2, 0) is 0 Å². The molecule has 0 aliphatic rings. The first kappa shape index (κ1) is 14.8. The van der Waals surface area contributed by atoms with E-state index in [9.17, 15) is 13.2 Å². The third-order valence-corrected chi connectivity index (χ3v) is 2.57. The first-order chi connectivity index (χ1) is 6.85. The maximum absolute atomic E-state index is 12.0. The van der Waals surface area contributed by atoms with Crippen LogP contribution in [0.15, 0.2) is 0 Å². The van der Waals surface area contributed by atoms with Gasteiger partial charge >= 0.3 is 6.18 Å². The van der Waals surface area contributed by atoms with Crippen LogP contribution in [0, 0.1) is 11.8 Å². The summed E-state index contributed by atoms with van der Waals surface area (Å²) >= 11 is 0. The summed E-state index contributed by atoms with van der Waals surface area (Å²) < 4.78 is 35.9. The maximum atomic E-state index is 12.0. The van der Waals surface area contributed by atoms with Gasteiger partial charge in [-0.1, -0.05) is 40.0 Å². The molecule has 0 aromatic carbocycles. The van der Waals surface area contributed by atoms with Crippen molar-refractivity contribution in [1.82, 2.24) is 0 Å². The van der Waals surface area contributed by atoms with Crippen LogP contribution in [0.4, 0.5) is 13.2 Å². The first-order valence-electron chi connectivity index (χ1n) is 5.92. The Morgan fingerprint density at radius 2 is 1.67 bits per heavy atom. The fourth-order valence-corrected chi connectivity index (χ4v) is 2.05. The zero-order valence-electron chi connectivity index (χ0n) is 10.0. The van der Waals surface area contributed by atoms with E-state index in [1.807, 2.05) is 0 Å². The van der Waals surface area contributed by atoms with E-state index in [1.165, 1.54) is 0 Å². The van der Waals surface area contributed by atoms with Crippen LogP contribution in [0.3, 0.4) is 0 Å². The van der Waals surface area contributed by atoms with Crippen LogP contribution in [0.1, 0.15) is 59.3 Å². The molecule has 0 saturated carbocycles. The lowest BCUT2D eigenvalue weighted by Crippen LogP contribution is -2.10. The van der Waals surface area contributed by atoms with E-state index in [0.717, 1.165) is 25.7 Å². The summed E-state index contributed by atoms with van der Waals surface area (Å²) in [5, 5.41) is 0. The molecule has 0 nitrogen and oxygen atoms in total. The highest BCUT2D eigenvalue weighted by molar-refractivity contribution is 4.63. The second-order valence-corrected chi connectivity index (χ2v) is 4.79. The van der Waals surface area contributed by atoms with Gasteiger partial charge in [0.2, 0.25) is 0 Å². The number of rotatable bonds is 7. The van der Waals surface area contributed by atoms with Crippen LogP contribution < -0.4 is 0 Å². The summed E-state index contributed by atoms with van der Waals surface area (Å²) in [5.74, 6) is 1.07. The van der Waals surface area contributed by atoms with Crippen molar-refractivity contribution in [3.63, 3.8) is 0 Å². The predicted molar refractivity (Wildman–Crippen MR) is 57.8 cm³/mol. The Kier molecular flexibility index (Phi) is 7.03. The van der Waals surface area contributed by atoms with Crippen molar-refractivity contribution in [2.45, 2.75) is 65.5 Å².